The second-order valence-electron chi connectivity index (χ2n) is 8.77. The largest absolute Gasteiger partial charge is 0.438 e. The first-order valence-electron chi connectivity index (χ1n) is 10.7. The SMILES string of the molecule is CCCN1C(=O)/C(=C/c2c(Oc3ccc(C(C)(C)C)cc3)nc3ccccn3c2=O)SC1=S. The predicted molar refractivity (Wildman–Crippen MR) is 137 cm³/mol. The minimum absolute atomic E-state index is 0.0109. The van der Waals surface area contributed by atoms with Gasteiger partial charge in [-0.2, -0.15) is 4.98 Å². The van der Waals surface area contributed by atoms with E-state index < -0.39 is 0 Å². The number of fused-ring (bicyclic) bond motifs is 1. The van der Waals surface area contributed by atoms with Gasteiger partial charge in [-0.3, -0.25) is 18.9 Å². The van der Waals surface area contributed by atoms with Crippen molar-refractivity contribution < 1.29 is 9.53 Å². The summed E-state index contributed by atoms with van der Waals surface area (Å²) in [4.78, 5) is 32.7. The molecule has 0 unspecified atom stereocenters. The molecule has 33 heavy (non-hydrogen) atoms. The zero-order valence-electron chi connectivity index (χ0n) is 19.0. The number of amides is 1. The molecule has 2 aromatic heterocycles. The van der Waals surface area contributed by atoms with Crippen LogP contribution in [-0.2, 0) is 10.2 Å². The van der Waals surface area contributed by atoms with Crippen LogP contribution in [0.2, 0.25) is 0 Å². The normalized spacial score (nSPS) is 15.6. The Morgan fingerprint density at radius 1 is 1.12 bits per heavy atom. The monoisotopic (exact) mass is 479 g/mol. The number of nitrogens with zero attached hydrogens (tertiary/aromatic N) is 3. The zero-order chi connectivity index (χ0) is 23.8. The molecule has 1 fully saturated rings. The molecule has 3 heterocycles. The van der Waals surface area contributed by atoms with Gasteiger partial charge in [0.2, 0.25) is 5.88 Å². The smallest absolute Gasteiger partial charge is 0.269 e. The maximum Gasteiger partial charge on any atom is 0.269 e. The van der Waals surface area contributed by atoms with Crippen molar-refractivity contribution in [2.24, 2.45) is 0 Å². The molecule has 1 aliphatic heterocycles. The third-order valence-corrected chi connectivity index (χ3v) is 6.64. The zero-order valence-corrected chi connectivity index (χ0v) is 20.6. The second kappa shape index (κ2) is 9.11. The van der Waals surface area contributed by atoms with Crippen LogP contribution in [0.4, 0.5) is 0 Å². The van der Waals surface area contributed by atoms with Crippen LogP contribution in [0.25, 0.3) is 11.7 Å². The number of ether oxygens (including phenoxy) is 1. The summed E-state index contributed by atoms with van der Waals surface area (Å²) >= 11 is 6.55. The number of benzene rings is 1. The average molecular weight is 480 g/mol. The Balaban J connectivity index is 1.80. The molecule has 170 valence electrons. The van der Waals surface area contributed by atoms with Crippen molar-refractivity contribution in [2.45, 2.75) is 39.5 Å². The standard InChI is InChI=1S/C25H25N3O3S2/c1-5-13-28-23(30)19(33-24(28)32)15-18-21(26-20-8-6-7-14-27(20)22(18)29)31-17-11-9-16(10-12-17)25(2,3)4/h6-12,14-15H,5,13H2,1-4H3/b19-15-. The summed E-state index contributed by atoms with van der Waals surface area (Å²) in [6.07, 6.45) is 3.98. The first-order chi connectivity index (χ1) is 15.7. The van der Waals surface area contributed by atoms with E-state index in [4.69, 9.17) is 17.0 Å². The Morgan fingerprint density at radius 3 is 2.52 bits per heavy atom. The quantitative estimate of drug-likeness (QED) is 0.361. The Morgan fingerprint density at radius 2 is 1.85 bits per heavy atom. The molecule has 4 rings (SSSR count). The Kier molecular flexibility index (Phi) is 6.41. The van der Waals surface area contributed by atoms with Gasteiger partial charge in [-0.1, -0.05) is 69.9 Å². The third-order valence-electron chi connectivity index (χ3n) is 5.27. The number of hydrogen-bond acceptors (Lipinski definition) is 6. The number of aromatic nitrogens is 2. The van der Waals surface area contributed by atoms with Crippen molar-refractivity contribution in [3.63, 3.8) is 0 Å². The number of carbonyl (C=O) groups is 1. The predicted octanol–water partition coefficient (Wildman–Crippen LogP) is 5.40. The van der Waals surface area contributed by atoms with Crippen LogP contribution in [0.1, 0.15) is 45.2 Å². The number of carbonyl (C=O) groups excluding carboxylic acids is 1. The molecule has 0 bridgehead atoms. The maximum absolute atomic E-state index is 13.3. The molecule has 1 saturated heterocycles. The molecule has 8 heteroatoms. The maximum atomic E-state index is 13.3. The van der Waals surface area contributed by atoms with Crippen molar-refractivity contribution in [1.29, 1.82) is 0 Å². The summed E-state index contributed by atoms with van der Waals surface area (Å²) < 4.78 is 8.00. The highest BCUT2D eigenvalue weighted by atomic mass is 32.2. The van der Waals surface area contributed by atoms with Gasteiger partial charge in [0.1, 0.15) is 21.3 Å². The molecule has 1 aromatic carbocycles. The molecule has 0 aliphatic carbocycles. The van der Waals surface area contributed by atoms with Gasteiger partial charge in [-0.15, -0.1) is 0 Å². The molecule has 0 N–H and O–H groups in total. The lowest BCUT2D eigenvalue weighted by Crippen LogP contribution is -2.28. The fourth-order valence-electron chi connectivity index (χ4n) is 3.47. The summed E-state index contributed by atoms with van der Waals surface area (Å²) in [6, 6.07) is 13.0. The van der Waals surface area contributed by atoms with E-state index in [1.807, 2.05) is 31.2 Å². The van der Waals surface area contributed by atoms with Crippen LogP contribution in [-0.4, -0.2) is 31.1 Å². The molecule has 1 amide bonds. The van der Waals surface area contributed by atoms with Crippen molar-refractivity contribution in [3.05, 3.63) is 75.0 Å². The fraction of sp³-hybridized carbons (Fsp3) is 0.280. The first-order valence-corrected chi connectivity index (χ1v) is 12.0. The minimum Gasteiger partial charge on any atom is -0.438 e. The van der Waals surface area contributed by atoms with Crippen LogP contribution < -0.4 is 10.3 Å². The number of rotatable bonds is 5. The molecule has 1 aliphatic rings. The van der Waals surface area contributed by atoms with Crippen LogP contribution in [0.3, 0.4) is 0 Å². The highest BCUT2D eigenvalue weighted by Crippen LogP contribution is 2.34. The van der Waals surface area contributed by atoms with Crippen LogP contribution in [0, 0.1) is 0 Å². The Hall–Kier alpha value is -2.97. The average Bonchev–Trinajstić information content (AvgIpc) is 3.04. The molecule has 0 saturated carbocycles. The van der Waals surface area contributed by atoms with Gasteiger partial charge in [0.05, 0.1) is 4.91 Å². The Labute approximate surface area is 202 Å². The summed E-state index contributed by atoms with van der Waals surface area (Å²) in [5.74, 6) is 0.503. The molecule has 6 nitrogen and oxygen atoms in total. The lowest BCUT2D eigenvalue weighted by atomic mass is 9.87. The molecule has 0 radical (unpaired) electrons. The summed E-state index contributed by atoms with van der Waals surface area (Å²) in [5.41, 5.74) is 1.52. The van der Waals surface area contributed by atoms with Gasteiger partial charge >= 0.3 is 0 Å². The van der Waals surface area contributed by atoms with Crippen LogP contribution in [0.15, 0.2) is 58.4 Å². The van der Waals surface area contributed by atoms with Crippen LogP contribution in [0.5, 0.6) is 11.6 Å². The molecular weight excluding hydrogens is 454 g/mol. The van der Waals surface area contributed by atoms with Crippen LogP contribution >= 0.6 is 24.0 Å². The van der Waals surface area contributed by atoms with E-state index in [-0.39, 0.29) is 28.3 Å². The highest BCUT2D eigenvalue weighted by molar-refractivity contribution is 8.26. The van der Waals surface area contributed by atoms with Crippen molar-refractivity contribution in [3.8, 4) is 11.6 Å². The lowest BCUT2D eigenvalue weighted by molar-refractivity contribution is -0.122. The van der Waals surface area contributed by atoms with E-state index in [1.54, 1.807) is 35.4 Å². The van der Waals surface area contributed by atoms with E-state index in [0.717, 1.165) is 6.42 Å². The van der Waals surface area contributed by atoms with E-state index >= 15 is 0 Å². The van der Waals surface area contributed by atoms with E-state index in [1.165, 1.54) is 21.7 Å². The lowest BCUT2D eigenvalue weighted by Gasteiger charge is -2.19. The summed E-state index contributed by atoms with van der Waals surface area (Å²) in [5, 5.41) is 0. The molecule has 0 atom stereocenters. The second-order valence-corrected chi connectivity index (χ2v) is 10.5. The van der Waals surface area contributed by atoms with E-state index in [0.29, 0.717) is 27.2 Å². The minimum atomic E-state index is -0.317. The van der Waals surface area contributed by atoms with Gasteiger partial charge in [0, 0.05) is 12.7 Å². The number of pyridine rings is 1. The van der Waals surface area contributed by atoms with E-state index in [2.05, 4.69) is 25.8 Å². The van der Waals surface area contributed by atoms with Gasteiger partial charge < -0.3 is 4.74 Å². The van der Waals surface area contributed by atoms with Gasteiger partial charge in [0.25, 0.3) is 11.5 Å². The summed E-state index contributed by atoms with van der Waals surface area (Å²) in [6.45, 7) is 8.95. The molecule has 0 spiro atoms. The van der Waals surface area contributed by atoms with Crippen molar-refractivity contribution in [2.75, 3.05) is 6.54 Å². The third kappa shape index (κ3) is 4.72. The van der Waals surface area contributed by atoms with E-state index in [9.17, 15) is 9.59 Å². The van der Waals surface area contributed by atoms with Crippen molar-refractivity contribution in [1.82, 2.24) is 14.3 Å². The summed E-state index contributed by atoms with van der Waals surface area (Å²) in [7, 11) is 0. The topological polar surface area (TPSA) is 63.9 Å². The number of thioether (sulfide) groups is 1. The Bertz CT molecular complexity index is 1320. The fourth-order valence-corrected chi connectivity index (χ4v) is 4.76. The first kappa shape index (κ1) is 23.2. The van der Waals surface area contributed by atoms with Crippen molar-refractivity contribution >= 4 is 45.9 Å². The van der Waals surface area contributed by atoms with Gasteiger partial charge in [0.15, 0.2) is 0 Å². The number of thiocarbonyl (C=S) groups is 1. The molecule has 3 aromatic rings. The highest BCUT2D eigenvalue weighted by Gasteiger charge is 2.32. The van der Waals surface area contributed by atoms with Gasteiger partial charge in [-0.05, 0) is 47.7 Å². The molecular formula is C25H25N3O3S2. The number of hydrogen-bond donors (Lipinski definition) is 0. The van der Waals surface area contributed by atoms with Gasteiger partial charge in [-0.25, -0.2) is 0 Å².